The second-order valence-electron chi connectivity index (χ2n) is 5.06. The standard InChI is InChI=1S/C14H22N4O/c1-4-11-7-10(8-13(15-2)16-11)14(19)17-12-5-6-18(3)9-12/h7-8,12H,4-6,9H2,1-3H3,(H,15,16)(H,17,19). The minimum absolute atomic E-state index is 0.00565. The van der Waals surface area contributed by atoms with Gasteiger partial charge in [0.05, 0.1) is 0 Å². The maximum absolute atomic E-state index is 12.3. The fourth-order valence-corrected chi connectivity index (χ4v) is 2.35. The van der Waals surface area contributed by atoms with Crippen molar-refractivity contribution in [1.82, 2.24) is 15.2 Å². The Morgan fingerprint density at radius 3 is 2.89 bits per heavy atom. The van der Waals surface area contributed by atoms with Crippen LogP contribution in [0.4, 0.5) is 5.82 Å². The molecule has 1 aliphatic heterocycles. The first-order chi connectivity index (χ1) is 9.12. The van der Waals surface area contributed by atoms with Crippen molar-refractivity contribution in [2.45, 2.75) is 25.8 Å². The average Bonchev–Trinajstić information content (AvgIpc) is 2.83. The summed E-state index contributed by atoms with van der Waals surface area (Å²) < 4.78 is 0. The normalized spacial score (nSPS) is 19.4. The van der Waals surface area contributed by atoms with E-state index >= 15 is 0 Å². The number of nitrogens with zero attached hydrogens (tertiary/aromatic N) is 2. The number of pyridine rings is 1. The molecule has 0 saturated carbocycles. The van der Waals surface area contributed by atoms with Crippen LogP contribution in [-0.4, -0.2) is 49.0 Å². The zero-order valence-corrected chi connectivity index (χ0v) is 11.9. The van der Waals surface area contributed by atoms with Crippen LogP contribution in [0.2, 0.25) is 0 Å². The van der Waals surface area contributed by atoms with Crippen LogP contribution in [0, 0.1) is 0 Å². The van der Waals surface area contributed by atoms with Crippen molar-refractivity contribution < 1.29 is 4.79 Å². The van der Waals surface area contributed by atoms with E-state index in [9.17, 15) is 4.79 Å². The number of aryl methyl sites for hydroxylation is 1. The summed E-state index contributed by atoms with van der Waals surface area (Å²) in [6.45, 7) is 4.01. The van der Waals surface area contributed by atoms with Gasteiger partial charge in [0.15, 0.2) is 0 Å². The first kappa shape index (κ1) is 13.8. The van der Waals surface area contributed by atoms with Gasteiger partial charge in [0.1, 0.15) is 5.82 Å². The van der Waals surface area contributed by atoms with Crippen LogP contribution < -0.4 is 10.6 Å². The third-order valence-corrected chi connectivity index (χ3v) is 3.49. The molecular formula is C14H22N4O. The lowest BCUT2D eigenvalue weighted by molar-refractivity contribution is 0.0938. The molecule has 0 bridgehead atoms. The van der Waals surface area contributed by atoms with Crippen molar-refractivity contribution in [1.29, 1.82) is 0 Å². The molecule has 5 nitrogen and oxygen atoms in total. The van der Waals surface area contributed by atoms with Gasteiger partial charge in [-0.05, 0) is 38.6 Å². The predicted molar refractivity (Wildman–Crippen MR) is 76.5 cm³/mol. The largest absolute Gasteiger partial charge is 0.373 e. The molecule has 2 N–H and O–H groups in total. The maximum atomic E-state index is 12.3. The SMILES string of the molecule is CCc1cc(C(=O)NC2CCN(C)C2)cc(NC)n1. The lowest BCUT2D eigenvalue weighted by Gasteiger charge is -2.14. The van der Waals surface area contributed by atoms with E-state index in [-0.39, 0.29) is 11.9 Å². The summed E-state index contributed by atoms with van der Waals surface area (Å²) >= 11 is 0. The zero-order valence-electron chi connectivity index (χ0n) is 11.9. The number of hydrogen-bond donors (Lipinski definition) is 2. The van der Waals surface area contributed by atoms with Crippen molar-refractivity contribution in [2.75, 3.05) is 32.5 Å². The highest BCUT2D eigenvalue weighted by molar-refractivity contribution is 5.95. The summed E-state index contributed by atoms with van der Waals surface area (Å²) in [6, 6.07) is 3.93. The number of carbonyl (C=O) groups is 1. The molecule has 2 heterocycles. The molecule has 0 spiro atoms. The highest BCUT2D eigenvalue weighted by atomic mass is 16.1. The Bertz CT molecular complexity index is 439. The fourth-order valence-electron chi connectivity index (χ4n) is 2.35. The third kappa shape index (κ3) is 3.44. The summed E-state index contributed by atoms with van der Waals surface area (Å²) in [5.74, 6) is 0.738. The third-order valence-electron chi connectivity index (χ3n) is 3.49. The molecule has 1 fully saturated rings. The molecule has 1 unspecified atom stereocenters. The Kier molecular flexibility index (Phi) is 4.37. The van der Waals surface area contributed by atoms with E-state index in [1.165, 1.54) is 0 Å². The van der Waals surface area contributed by atoms with E-state index in [1.807, 2.05) is 20.0 Å². The van der Waals surface area contributed by atoms with Gasteiger partial charge in [0.25, 0.3) is 5.91 Å². The molecule has 0 aromatic carbocycles. The smallest absolute Gasteiger partial charge is 0.251 e. The van der Waals surface area contributed by atoms with Crippen LogP contribution >= 0.6 is 0 Å². The molecule has 2 rings (SSSR count). The van der Waals surface area contributed by atoms with Gasteiger partial charge in [0, 0.05) is 30.9 Å². The molecule has 0 aliphatic carbocycles. The van der Waals surface area contributed by atoms with Gasteiger partial charge >= 0.3 is 0 Å². The minimum Gasteiger partial charge on any atom is -0.373 e. The number of nitrogens with one attached hydrogen (secondary N) is 2. The summed E-state index contributed by atoms with van der Waals surface area (Å²) in [5, 5.41) is 6.09. The number of carbonyl (C=O) groups excluding carboxylic acids is 1. The zero-order chi connectivity index (χ0) is 13.8. The number of aromatic nitrogens is 1. The summed E-state index contributed by atoms with van der Waals surface area (Å²) in [4.78, 5) is 18.9. The van der Waals surface area contributed by atoms with Crippen LogP contribution in [0.5, 0.6) is 0 Å². The van der Waals surface area contributed by atoms with Crippen LogP contribution in [0.1, 0.15) is 29.4 Å². The Balaban J connectivity index is 2.09. The predicted octanol–water partition coefficient (Wildman–Crippen LogP) is 1.12. The van der Waals surface area contributed by atoms with Crippen molar-refractivity contribution in [2.24, 2.45) is 0 Å². The number of likely N-dealkylation sites (N-methyl/N-ethyl adjacent to an activating group) is 1. The van der Waals surface area contributed by atoms with Gasteiger partial charge in [-0.1, -0.05) is 6.92 Å². The molecule has 5 heteroatoms. The second kappa shape index (κ2) is 6.02. The summed E-state index contributed by atoms with van der Waals surface area (Å²) in [5.41, 5.74) is 1.62. The van der Waals surface area contributed by atoms with Crippen molar-refractivity contribution >= 4 is 11.7 Å². The molecule has 1 saturated heterocycles. The van der Waals surface area contributed by atoms with Gasteiger partial charge in [0.2, 0.25) is 0 Å². The van der Waals surface area contributed by atoms with E-state index in [4.69, 9.17) is 0 Å². The van der Waals surface area contributed by atoms with E-state index in [0.29, 0.717) is 5.56 Å². The van der Waals surface area contributed by atoms with E-state index in [0.717, 1.165) is 37.4 Å². The van der Waals surface area contributed by atoms with E-state index in [1.54, 1.807) is 6.07 Å². The van der Waals surface area contributed by atoms with Gasteiger partial charge in [-0.15, -0.1) is 0 Å². The number of amides is 1. The van der Waals surface area contributed by atoms with Crippen LogP contribution in [-0.2, 0) is 6.42 Å². The summed E-state index contributed by atoms with van der Waals surface area (Å²) in [6.07, 6.45) is 1.84. The molecule has 1 aromatic rings. The maximum Gasteiger partial charge on any atom is 0.251 e. The quantitative estimate of drug-likeness (QED) is 0.854. The molecule has 19 heavy (non-hydrogen) atoms. The Morgan fingerprint density at radius 2 is 2.32 bits per heavy atom. The van der Waals surface area contributed by atoms with Crippen molar-refractivity contribution in [3.63, 3.8) is 0 Å². The number of anilines is 1. The Labute approximate surface area is 114 Å². The molecule has 1 aliphatic rings. The van der Waals surface area contributed by atoms with Crippen LogP contribution in [0.3, 0.4) is 0 Å². The van der Waals surface area contributed by atoms with Gasteiger partial charge < -0.3 is 15.5 Å². The molecule has 104 valence electrons. The first-order valence-corrected chi connectivity index (χ1v) is 6.80. The van der Waals surface area contributed by atoms with Crippen LogP contribution in [0.25, 0.3) is 0 Å². The lowest BCUT2D eigenvalue weighted by atomic mass is 10.1. The minimum atomic E-state index is -0.00565. The number of likely N-dealkylation sites (tertiary alicyclic amines) is 1. The van der Waals surface area contributed by atoms with Crippen molar-refractivity contribution in [3.05, 3.63) is 23.4 Å². The van der Waals surface area contributed by atoms with Crippen LogP contribution in [0.15, 0.2) is 12.1 Å². The monoisotopic (exact) mass is 262 g/mol. The van der Waals surface area contributed by atoms with Gasteiger partial charge in [-0.25, -0.2) is 4.98 Å². The van der Waals surface area contributed by atoms with E-state index < -0.39 is 0 Å². The average molecular weight is 262 g/mol. The summed E-state index contributed by atoms with van der Waals surface area (Å²) in [7, 11) is 3.89. The molecular weight excluding hydrogens is 240 g/mol. The highest BCUT2D eigenvalue weighted by Gasteiger charge is 2.21. The van der Waals surface area contributed by atoms with Crippen molar-refractivity contribution in [3.8, 4) is 0 Å². The topological polar surface area (TPSA) is 57.3 Å². The Morgan fingerprint density at radius 1 is 1.53 bits per heavy atom. The number of rotatable bonds is 4. The molecule has 1 aromatic heterocycles. The fraction of sp³-hybridized carbons (Fsp3) is 0.571. The van der Waals surface area contributed by atoms with Gasteiger partial charge in [-0.2, -0.15) is 0 Å². The van der Waals surface area contributed by atoms with E-state index in [2.05, 4.69) is 27.6 Å². The second-order valence-corrected chi connectivity index (χ2v) is 5.06. The molecule has 1 atom stereocenters. The van der Waals surface area contributed by atoms with Gasteiger partial charge in [-0.3, -0.25) is 4.79 Å². The molecule has 0 radical (unpaired) electrons. The Hall–Kier alpha value is -1.62. The molecule has 1 amide bonds. The first-order valence-electron chi connectivity index (χ1n) is 6.80. The highest BCUT2D eigenvalue weighted by Crippen LogP contribution is 2.12. The number of hydrogen-bond acceptors (Lipinski definition) is 4. The lowest BCUT2D eigenvalue weighted by Crippen LogP contribution is -2.36.